The molecule has 7 nitrogen and oxygen atoms in total. The minimum atomic E-state index is -0.0286. The van der Waals surface area contributed by atoms with Crippen molar-refractivity contribution >= 4 is 46.3 Å². The fourth-order valence-corrected chi connectivity index (χ4v) is 4.25. The minimum absolute atomic E-state index is 0. The molecule has 3 N–H and O–H groups in total. The predicted octanol–water partition coefficient (Wildman–Crippen LogP) is 3.47. The molecule has 0 aliphatic carbocycles. The van der Waals surface area contributed by atoms with Crippen molar-refractivity contribution in [3.05, 3.63) is 41.3 Å². The Labute approximate surface area is 205 Å². The Bertz CT molecular complexity index is 796. The Kier molecular flexibility index (Phi) is 11.2. The van der Waals surface area contributed by atoms with Crippen LogP contribution in [0.4, 0.5) is 5.00 Å². The number of nitrogens with zero attached hydrogens (tertiary/aromatic N) is 2. The van der Waals surface area contributed by atoms with Crippen molar-refractivity contribution in [1.29, 1.82) is 0 Å². The molecule has 0 radical (unpaired) electrons. The highest BCUT2D eigenvalue weighted by Crippen LogP contribution is 2.28. The van der Waals surface area contributed by atoms with E-state index in [0.717, 1.165) is 44.0 Å². The number of ether oxygens (including phenoxy) is 2. The first-order valence-corrected chi connectivity index (χ1v) is 11.3. The van der Waals surface area contributed by atoms with Gasteiger partial charge in [0.2, 0.25) is 0 Å². The van der Waals surface area contributed by atoms with Gasteiger partial charge >= 0.3 is 0 Å². The van der Waals surface area contributed by atoms with Gasteiger partial charge in [-0.1, -0.05) is 6.07 Å². The van der Waals surface area contributed by atoms with Crippen LogP contribution >= 0.6 is 35.3 Å². The molecule has 0 saturated carbocycles. The number of methoxy groups -OCH3 is 1. The zero-order valence-electron chi connectivity index (χ0n) is 18.2. The average Bonchev–Trinajstić information content (AvgIpc) is 3.32. The predicted molar refractivity (Wildman–Crippen MR) is 138 cm³/mol. The summed E-state index contributed by atoms with van der Waals surface area (Å²) in [6, 6.07) is 10.5. The van der Waals surface area contributed by atoms with E-state index in [0.29, 0.717) is 24.1 Å². The van der Waals surface area contributed by atoms with Crippen LogP contribution in [-0.2, 0) is 6.54 Å². The van der Waals surface area contributed by atoms with E-state index in [4.69, 9.17) is 19.6 Å². The summed E-state index contributed by atoms with van der Waals surface area (Å²) in [7, 11) is 1.61. The van der Waals surface area contributed by atoms with Gasteiger partial charge in [-0.2, -0.15) is 0 Å². The SMILES string of the molecule is CCNC(=NCc1ccc(OCCO)c(OC)c1)NC1CCN(c2cccs2)CC1.I. The Morgan fingerprint density at radius 3 is 2.71 bits per heavy atom. The molecule has 1 aromatic heterocycles. The molecule has 172 valence electrons. The van der Waals surface area contributed by atoms with Gasteiger partial charge in [0.15, 0.2) is 17.5 Å². The first-order chi connectivity index (χ1) is 14.7. The maximum absolute atomic E-state index is 8.94. The fourth-order valence-electron chi connectivity index (χ4n) is 3.46. The number of aliphatic imine (C=N–C) groups is 1. The van der Waals surface area contributed by atoms with Gasteiger partial charge in [-0.15, -0.1) is 35.3 Å². The first kappa shape index (κ1) is 25.5. The van der Waals surface area contributed by atoms with Crippen molar-refractivity contribution in [2.24, 2.45) is 4.99 Å². The maximum Gasteiger partial charge on any atom is 0.191 e. The number of benzene rings is 1. The second-order valence-corrected chi connectivity index (χ2v) is 8.04. The highest BCUT2D eigenvalue weighted by Gasteiger charge is 2.20. The number of aliphatic hydroxyl groups is 1. The van der Waals surface area contributed by atoms with Crippen molar-refractivity contribution in [2.75, 3.05) is 44.9 Å². The van der Waals surface area contributed by atoms with E-state index in [2.05, 4.69) is 40.0 Å². The number of hydrogen-bond donors (Lipinski definition) is 3. The van der Waals surface area contributed by atoms with E-state index in [-0.39, 0.29) is 37.2 Å². The zero-order chi connectivity index (χ0) is 21.2. The molecule has 1 fully saturated rings. The Hall–Kier alpha value is -1.72. The first-order valence-electron chi connectivity index (χ1n) is 10.5. The van der Waals surface area contributed by atoms with Crippen molar-refractivity contribution in [3.8, 4) is 11.5 Å². The number of halogens is 1. The molecule has 9 heteroatoms. The summed E-state index contributed by atoms with van der Waals surface area (Å²) in [5.74, 6) is 2.11. The van der Waals surface area contributed by atoms with Crippen LogP contribution in [0.1, 0.15) is 25.3 Å². The van der Waals surface area contributed by atoms with Crippen LogP contribution < -0.4 is 25.0 Å². The van der Waals surface area contributed by atoms with Gasteiger partial charge in [-0.05, 0) is 55.0 Å². The summed E-state index contributed by atoms with van der Waals surface area (Å²) < 4.78 is 10.9. The highest BCUT2D eigenvalue weighted by atomic mass is 127. The van der Waals surface area contributed by atoms with E-state index in [1.165, 1.54) is 5.00 Å². The standard InChI is InChI=1S/C22H32N4O3S.HI/c1-3-23-22(25-18-8-10-26(11-9-18)21-5-4-14-30-21)24-16-17-6-7-19(29-13-12-27)20(15-17)28-2;/h4-7,14-15,18,27H,3,8-13,16H2,1-2H3,(H2,23,24,25);1H. The van der Waals surface area contributed by atoms with Crippen LogP contribution in [0.2, 0.25) is 0 Å². The Morgan fingerprint density at radius 2 is 2.06 bits per heavy atom. The lowest BCUT2D eigenvalue weighted by molar-refractivity contribution is 0.196. The Balaban J connectivity index is 0.00000341. The largest absolute Gasteiger partial charge is 0.493 e. The molecule has 31 heavy (non-hydrogen) atoms. The maximum atomic E-state index is 8.94. The molecule has 2 aromatic rings. The molecule has 1 aliphatic heterocycles. The van der Waals surface area contributed by atoms with Crippen LogP contribution in [0.5, 0.6) is 11.5 Å². The third-order valence-electron chi connectivity index (χ3n) is 4.99. The van der Waals surface area contributed by atoms with Crippen molar-refractivity contribution < 1.29 is 14.6 Å². The summed E-state index contributed by atoms with van der Waals surface area (Å²) in [5.41, 5.74) is 1.04. The normalized spacial score (nSPS) is 14.7. The summed E-state index contributed by atoms with van der Waals surface area (Å²) in [5, 5.41) is 19.4. The molecule has 0 amide bonds. The molecule has 1 aromatic carbocycles. The smallest absolute Gasteiger partial charge is 0.191 e. The van der Waals surface area contributed by atoms with E-state index in [1.807, 2.05) is 18.2 Å². The number of aliphatic hydroxyl groups excluding tert-OH is 1. The van der Waals surface area contributed by atoms with Crippen LogP contribution in [0.15, 0.2) is 40.7 Å². The van der Waals surface area contributed by atoms with Gasteiger partial charge in [-0.25, -0.2) is 4.99 Å². The van der Waals surface area contributed by atoms with Crippen LogP contribution in [-0.4, -0.2) is 57.1 Å². The van der Waals surface area contributed by atoms with Gasteiger partial charge < -0.3 is 30.1 Å². The summed E-state index contributed by atoms with van der Waals surface area (Å²) in [4.78, 5) is 7.22. The van der Waals surface area contributed by atoms with E-state index < -0.39 is 0 Å². The minimum Gasteiger partial charge on any atom is -0.493 e. The molecular formula is C22H33IN4O3S. The van der Waals surface area contributed by atoms with E-state index in [9.17, 15) is 0 Å². The highest BCUT2D eigenvalue weighted by molar-refractivity contribution is 14.0. The third-order valence-corrected chi connectivity index (χ3v) is 5.92. The lowest BCUT2D eigenvalue weighted by atomic mass is 10.1. The molecule has 1 aliphatic rings. The molecule has 0 unspecified atom stereocenters. The van der Waals surface area contributed by atoms with Gasteiger partial charge in [0, 0.05) is 25.7 Å². The van der Waals surface area contributed by atoms with Crippen LogP contribution in [0.25, 0.3) is 0 Å². The molecule has 0 spiro atoms. The zero-order valence-corrected chi connectivity index (χ0v) is 21.3. The lowest BCUT2D eigenvalue weighted by Crippen LogP contribution is -2.48. The van der Waals surface area contributed by atoms with Gasteiger partial charge in [0.05, 0.1) is 25.3 Å². The molecule has 2 heterocycles. The van der Waals surface area contributed by atoms with Gasteiger partial charge in [0.25, 0.3) is 0 Å². The number of piperidine rings is 1. The van der Waals surface area contributed by atoms with Crippen molar-refractivity contribution in [2.45, 2.75) is 32.4 Å². The molecule has 3 rings (SSSR count). The average molecular weight is 561 g/mol. The lowest BCUT2D eigenvalue weighted by Gasteiger charge is -2.33. The van der Waals surface area contributed by atoms with Crippen molar-refractivity contribution in [1.82, 2.24) is 10.6 Å². The second kappa shape index (κ2) is 13.6. The van der Waals surface area contributed by atoms with Crippen LogP contribution in [0, 0.1) is 0 Å². The number of thiophene rings is 1. The third kappa shape index (κ3) is 7.73. The molecule has 1 saturated heterocycles. The number of anilines is 1. The van der Waals surface area contributed by atoms with Crippen LogP contribution in [0.3, 0.4) is 0 Å². The molecular weight excluding hydrogens is 527 g/mol. The van der Waals surface area contributed by atoms with E-state index >= 15 is 0 Å². The molecule has 0 atom stereocenters. The molecule has 0 bridgehead atoms. The number of rotatable bonds is 9. The Morgan fingerprint density at radius 1 is 1.26 bits per heavy atom. The quantitative estimate of drug-likeness (QED) is 0.248. The van der Waals surface area contributed by atoms with Gasteiger partial charge in [-0.3, -0.25) is 0 Å². The van der Waals surface area contributed by atoms with Gasteiger partial charge in [0.1, 0.15) is 6.61 Å². The fraction of sp³-hybridized carbons (Fsp3) is 0.500. The summed E-state index contributed by atoms with van der Waals surface area (Å²) in [6.07, 6.45) is 2.18. The topological polar surface area (TPSA) is 78.4 Å². The second-order valence-electron chi connectivity index (χ2n) is 7.11. The number of nitrogens with one attached hydrogen (secondary N) is 2. The van der Waals surface area contributed by atoms with E-state index in [1.54, 1.807) is 18.4 Å². The monoisotopic (exact) mass is 560 g/mol. The number of hydrogen-bond acceptors (Lipinski definition) is 6. The van der Waals surface area contributed by atoms with Crippen molar-refractivity contribution in [3.63, 3.8) is 0 Å². The number of guanidine groups is 1. The summed E-state index contributed by atoms with van der Waals surface area (Å²) in [6.45, 7) is 5.77. The summed E-state index contributed by atoms with van der Waals surface area (Å²) >= 11 is 1.80.